The van der Waals surface area contributed by atoms with E-state index in [9.17, 15) is 8.42 Å². The summed E-state index contributed by atoms with van der Waals surface area (Å²) < 4.78 is 28.3. The first-order valence-corrected chi connectivity index (χ1v) is 7.24. The average Bonchev–Trinajstić information content (AvgIpc) is 2.86. The zero-order valence-electron chi connectivity index (χ0n) is 10.1. The van der Waals surface area contributed by atoms with Crippen molar-refractivity contribution in [1.82, 2.24) is 19.1 Å². The molecule has 7 nitrogen and oxygen atoms in total. The van der Waals surface area contributed by atoms with Crippen molar-refractivity contribution >= 4 is 15.7 Å². The first-order chi connectivity index (χ1) is 9.09. The van der Waals surface area contributed by atoms with E-state index in [0.717, 1.165) is 0 Å². The van der Waals surface area contributed by atoms with Crippen LogP contribution in [-0.4, -0.2) is 34.0 Å². The third-order valence-corrected chi connectivity index (χ3v) is 5.06. The smallest absolute Gasteiger partial charge is 0.245 e. The highest BCUT2D eigenvalue weighted by atomic mass is 32.2. The zero-order valence-corrected chi connectivity index (χ0v) is 10.9. The number of anilines is 1. The van der Waals surface area contributed by atoms with Crippen LogP contribution in [0.1, 0.15) is 5.82 Å². The van der Waals surface area contributed by atoms with Crippen LogP contribution in [0.2, 0.25) is 0 Å². The Bertz CT molecular complexity index is 709. The monoisotopic (exact) mass is 279 g/mol. The van der Waals surface area contributed by atoms with Gasteiger partial charge < -0.3 is 10.3 Å². The molecule has 2 heterocycles. The Kier molecular flexibility index (Phi) is 2.76. The van der Waals surface area contributed by atoms with Crippen LogP contribution < -0.4 is 5.73 Å². The fourth-order valence-corrected chi connectivity index (χ4v) is 3.61. The van der Waals surface area contributed by atoms with E-state index in [1.807, 2.05) is 4.57 Å². The van der Waals surface area contributed by atoms with Gasteiger partial charge in [-0.25, -0.2) is 8.42 Å². The predicted octanol–water partition coefficient (Wildman–Crippen LogP) is 0.0648. The number of hydrogen-bond acceptors (Lipinski definition) is 5. The summed E-state index contributed by atoms with van der Waals surface area (Å²) in [6, 6.07) is 6.47. The number of hydrogen-bond donors (Lipinski definition) is 1. The molecular weight excluding hydrogens is 266 g/mol. The van der Waals surface area contributed by atoms with Gasteiger partial charge >= 0.3 is 0 Å². The fourth-order valence-electron chi connectivity index (χ4n) is 2.10. The third kappa shape index (κ3) is 1.98. The van der Waals surface area contributed by atoms with E-state index in [2.05, 4.69) is 10.2 Å². The van der Waals surface area contributed by atoms with Gasteiger partial charge in [0.1, 0.15) is 17.0 Å². The molecular formula is C11H13N5O2S. The Morgan fingerprint density at radius 1 is 1.21 bits per heavy atom. The second-order valence-electron chi connectivity index (χ2n) is 4.32. The fraction of sp³-hybridized carbons (Fsp3) is 0.273. The SMILES string of the molecule is Nc1ccccc1S(=O)(=O)N1CCn2cnnc2C1. The van der Waals surface area contributed by atoms with E-state index < -0.39 is 10.0 Å². The molecule has 3 rings (SSSR count). The Balaban J connectivity index is 1.97. The number of nitrogens with two attached hydrogens (primary N) is 1. The van der Waals surface area contributed by atoms with Crippen LogP contribution in [0.4, 0.5) is 5.69 Å². The topological polar surface area (TPSA) is 94.1 Å². The van der Waals surface area contributed by atoms with Gasteiger partial charge in [0, 0.05) is 13.1 Å². The molecule has 0 bridgehead atoms. The van der Waals surface area contributed by atoms with E-state index in [1.165, 1.54) is 10.4 Å². The van der Waals surface area contributed by atoms with Crippen molar-refractivity contribution in [3.63, 3.8) is 0 Å². The van der Waals surface area contributed by atoms with Crippen LogP contribution in [0, 0.1) is 0 Å². The van der Waals surface area contributed by atoms with Crippen LogP contribution in [0.15, 0.2) is 35.5 Å². The quantitative estimate of drug-likeness (QED) is 0.785. The van der Waals surface area contributed by atoms with Crippen molar-refractivity contribution in [2.45, 2.75) is 18.0 Å². The van der Waals surface area contributed by atoms with E-state index >= 15 is 0 Å². The summed E-state index contributed by atoms with van der Waals surface area (Å²) in [5.41, 5.74) is 6.01. The maximum Gasteiger partial charge on any atom is 0.245 e. The summed E-state index contributed by atoms with van der Waals surface area (Å²) in [6.45, 7) is 1.16. The molecule has 1 aromatic heterocycles. The zero-order chi connectivity index (χ0) is 13.5. The first-order valence-electron chi connectivity index (χ1n) is 5.80. The average molecular weight is 279 g/mol. The van der Waals surface area contributed by atoms with E-state index in [1.54, 1.807) is 24.5 Å². The maximum absolute atomic E-state index is 12.5. The highest BCUT2D eigenvalue weighted by molar-refractivity contribution is 7.89. The number of nitrogen functional groups attached to an aromatic ring is 1. The van der Waals surface area contributed by atoms with Crippen molar-refractivity contribution in [3.05, 3.63) is 36.4 Å². The van der Waals surface area contributed by atoms with Gasteiger partial charge in [0.15, 0.2) is 0 Å². The molecule has 0 saturated heterocycles. The van der Waals surface area contributed by atoms with Gasteiger partial charge in [0.25, 0.3) is 0 Å². The summed E-state index contributed by atoms with van der Waals surface area (Å²) in [6.07, 6.45) is 1.61. The highest BCUT2D eigenvalue weighted by Gasteiger charge is 2.30. The van der Waals surface area contributed by atoms with E-state index in [0.29, 0.717) is 18.9 Å². The van der Waals surface area contributed by atoms with Crippen molar-refractivity contribution in [2.75, 3.05) is 12.3 Å². The normalized spacial score (nSPS) is 16.2. The summed E-state index contributed by atoms with van der Waals surface area (Å²) in [7, 11) is -3.59. The standard InChI is InChI=1S/C11H13N5O2S/c12-9-3-1-2-4-10(9)19(17,18)16-6-5-15-8-13-14-11(15)7-16/h1-4,8H,5-7,12H2. The molecule has 8 heteroatoms. The Morgan fingerprint density at radius 3 is 2.79 bits per heavy atom. The Labute approximate surface area is 110 Å². The number of fused-ring (bicyclic) bond motifs is 1. The molecule has 1 aromatic carbocycles. The summed E-state index contributed by atoms with van der Waals surface area (Å²) in [4.78, 5) is 0.142. The molecule has 2 N–H and O–H groups in total. The molecule has 0 radical (unpaired) electrons. The van der Waals surface area contributed by atoms with Crippen molar-refractivity contribution in [3.8, 4) is 0 Å². The lowest BCUT2D eigenvalue weighted by Gasteiger charge is -2.26. The van der Waals surface area contributed by atoms with Gasteiger partial charge in [-0.15, -0.1) is 10.2 Å². The molecule has 100 valence electrons. The van der Waals surface area contributed by atoms with Gasteiger partial charge in [-0.3, -0.25) is 0 Å². The van der Waals surface area contributed by atoms with Gasteiger partial charge in [-0.2, -0.15) is 4.31 Å². The number of sulfonamides is 1. The minimum Gasteiger partial charge on any atom is -0.398 e. The number of nitrogens with zero attached hydrogens (tertiary/aromatic N) is 4. The molecule has 0 aliphatic carbocycles. The van der Waals surface area contributed by atoms with Crippen molar-refractivity contribution in [1.29, 1.82) is 0 Å². The molecule has 0 spiro atoms. The van der Waals surface area contributed by atoms with Gasteiger partial charge in [-0.1, -0.05) is 12.1 Å². The maximum atomic E-state index is 12.5. The number of aromatic nitrogens is 3. The number of benzene rings is 1. The first kappa shape index (κ1) is 12.1. The van der Waals surface area contributed by atoms with Crippen LogP contribution in [0.25, 0.3) is 0 Å². The molecule has 0 fully saturated rings. The van der Waals surface area contributed by atoms with E-state index in [4.69, 9.17) is 5.73 Å². The van der Waals surface area contributed by atoms with Gasteiger partial charge in [-0.05, 0) is 12.1 Å². The van der Waals surface area contributed by atoms with Crippen molar-refractivity contribution in [2.24, 2.45) is 0 Å². The molecule has 19 heavy (non-hydrogen) atoms. The molecule has 1 aliphatic heterocycles. The number of rotatable bonds is 2. The minimum atomic E-state index is -3.59. The molecule has 0 saturated carbocycles. The third-order valence-electron chi connectivity index (χ3n) is 3.14. The molecule has 0 unspecified atom stereocenters. The van der Waals surface area contributed by atoms with Crippen LogP contribution in [0.5, 0.6) is 0 Å². The second-order valence-corrected chi connectivity index (χ2v) is 6.22. The van der Waals surface area contributed by atoms with E-state index in [-0.39, 0.29) is 17.1 Å². The molecule has 0 amide bonds. The summed E-state index contributed by atoms with van der Waals surface area (Å²) >= 11 is 0. The van der Waals surface area contributed by atoms with Gasteiger partial charge in [0.2, 0.25) is 10.0 Å². The molecule has 2 aromatic rings. The Morgan fingerprint density at radius 2 is 2.00 bits per heavy atom. The van der Waals surface area contributed by atoms with Crippen LogP contribution in [-0.2, 0) is 23.1 Å². The van der Waals surface area contributed by atoms with Gasteiger partial charge in [0.05, 0.1) is 12.2 Å². The van der Waals surface area contributed by atoms with Crippen LogP contribution in [0.3, 0.4) is 0 Å². The molecule has 0 atom stereocenters. The lowest BCUT2D eigenvalue weighted by atomic mass is 10.3. The molecule has 1 aliphatic rings. The second kappa shape index (κ2) is 4.32. The summed E-state index contributed by atoms with van der Waals surface area (Å²) in [5, 5.41) is 7.69. The predicted molar refractivity (Wildman–Crippen MR) is 68.5 cm³/mol. The lowest BCUT2D eigenvalue weighted by molar-refractivity contribution is 0.335. The Hall–Kier alpha value is -1.93. The minimum absolute atomic E-state index is 0.142. The number of para-hydroxylation sites is 1. The summed E-state index contributed by atoms with van der Waals surface area (Å²) in [5.74, 6) is 0.643. The highest BCUT2D eigenvalue weighted by Crippen LogP contribution is 2.24. The van der Waals surface area contributed by atoms with Crippen molar-refractivity contribution < 1.29 is 8.42 Å². The van der Waals surface area contributed by atoms with Crippen LogP contribution >= 0.6 is 0 Å². The lowest BCUT2D eigenvalue weighted by Crippen LogP contribution is -2.38. The largest absolute Gasteiger partial charge is 0.398 e.